The number of hydrogen-bond acceptors (Lipinski definition) is 4. The molecule has 4 heteroatoms. The van der Waals surface area contributed by atoms with Crippen LogP contribution < -0.4 is 5.73 Å². The van der Waals surface area contributed by atoms with Crippen LogP contribution >= 0.6 is 11.3 Å². The molecular weight excluding hydrogens is 218 g/mol. The average molecular weight is 231 g/mol. The number of pyridine rings is 1. The van der Waals surface area contributed by atoms with E-state index >= 15 is 0 Å². The zero-order valence-corrected chi connectivity index (χ0v) is 9.97. The van der Waals surface area contributed by atoms with Crippen LogP contribution in [0.3, 0.4) is 0 Å². The van der Waals surface area contributed by atoms with E-state index in [4.69, 9.17) is 5.73 Å². The summed E-state index contributed by atoms with van der Waals surface area (Å²) in [6.07, 6.45) is 3.50. The van der Waals surface area contributed by atoms with E-state index in [2.05, 4.69) is 16.0 Å². The second-order valence-corrected chi connectivity index (χ2v) is 5.04. The fourth-order valence-corrected chi connectivity index (χ4v) is 2.81. The molecule has 0 saturated heterocycles. The summed E-state index contributed by atoms with van der Waals surface area (Å²) < 4.78 is 0. The summed E-state index contributed by atoms with van der Waals surface area (Å²) in [6.45, 7) is 2.05. The zero-order chi connectivity index (χ0) is 11.1. The van der Waals surface area contributed by atoms with Gasteiger partial charge in [-0.1, -0.05) is 0 Å². The van der Waals surface area contributed by atoms with Crippen LogP contribution in [-0.4, -0.2) is 9.97 Å². The number of nitrogens with zero attached hydrogens (tertiary/aromatic N) is 2. The number of nitrogen functional groups attached to an aromatic ring is 1. The molecule has 3 nitrogen and oxygen atoms in total. The molecule has 0 amide bonds. The first-order valence-corrected chi connectivity index (χ1v) is 6.33. The highest BCUT2D eigenvalue weighted by Crippen LogP contribution is 2.30. The topological polar surface area (TPSA) is 51.8 Å². The minimum atomic E-state index is 0.620. The number of nitrogens with two attached hydrogens (primary N) is 1. The smallest absolute Gasteiger partial charge is 0.180 e. The predicted octanol–water partition coefficient (Wildman–Crippen LogP) is 2.58. The Bertz CT molecular complexity index is 545. The maximum Gasteiger partial charge on any atom is 0.180 e. The van der Waals surface area contributed by atoms with Crippen molar-refractivity contribution in [2.24, 2.45) is 0 Å². The Labute approximate surface area is 98.4 Å². The second-order valence-electron chi connectivity index (χ2n) is 4.15. The van der Waals surface area contributed by atoms with E-state index < -0.39 is 0 Å². The van der Waals surface area contributed by atoms with Gasteiger partial charge in [-0.15, -0.1) is 11.3 Å². The third-order valence-corrected chi connectivity index (χ3v) is 3.71. The molecule has 1 aliphatic rings. The highest BCUT2D eigenvalue weighted by Gasteiger charge is 2.16. The summed E-state index contributed by atoms with van der Waals surface area (Å²) in [6, 6.07) is 2.24. The van der Waals surface area contributed by atoms with Crippen LogP contribution in [0.2, 0.25) is 0 Å². The number of aromatic nitrogens is 2. The highest BCUT2D eigenvalue weighted by atomic mass is 32.1. The summed E-state index contributed by atoms with van der Waals surface area (Å²) >= 11 is 1.48. The maximum atomic E-state index is 5.67. The molecule has 0 radical (unpaired) electrons. The number of thiazole rings is 1. The summed E-state index contributed by atoms with van der Waals surface area (Å²) in [5, 5.41) is 2.62. The molecule has 0 saturated carbocycles. The van der Waals surface area contributed by atoms with E-state index in [0.29, 0.717) is 5.13 Å². The molecule has 0 bridgehead atoms. The monoisotopic (exact) mass is 231 g/mol. The maximum absolute atomic E-state index is 5.67. The molecule has 2 aromatic rings. The van der Waals surface area contributed by atoms with E-state index in [-0.39, 0.29) is 0 Å². The van der Waals surface area contributed by atoms with Crippen LogP contribution in [0.15, 0.2) is 11.4 Å². The Morgan fingerprint density at radius 2 is 2.19 bits per heavy atom. The van der Waals surface area contributed by atoms with Crippen LogP contribution in [0, 0.1) is 6.92 Å². The largest absolute Gasteiger partial charge is 0.375 e. The Hall–Kier alpha value is -1.42. The Balaban J connectivity index is 2.14. The molecule has 0 fully saturated rings. The Morgan fingerprint density at radius 3 is 2.94 bits per heavy atom. The number of rotatable bonds is 1. The molecule has 82 valence electrons. The average Bonchev–Trinajstić information content (AvgIpc) is 2.84. The van der Waals surface area contributed by atoms with Gasteiger partial charge in [-0.05, 0) is 37.8 Å². The van der Waals surface area contributed by atoms with E-state index in [1.165, 1.54) is 29.0 Å². The SMILES string of the molecule is Cc1nc2c(cc1-c1csc(N)n1)CCC2. The van der Waals surface area contributed by atoms with Crippen molar-refractivity contribution in [2.45, 2.75) is 26.2 Å². The molecule has 0 spiro atoms. The summed E-state index contributed by atoms with van der Waals surface area (Å²) in [5.74, 6) is 0. The molecular formula is C12H13N3S. The van der Waals surface area contributed by atoms with Crippen molar-refractivity contribution in [3.63, 3.8) is 0 Å². The van der Waals surface area contributed by atoms with E-state index in [0.717, 1.165) is 29.8 Å². The number of hydrogen-bond donors (Lipinski definition) is 1. The minimum Gasteiger partial charge on any atom is -0.375 e. The lowest BCUT2D eigenvalue weighted by Gasteiger charge is -2.06. The number of aryl methyl sites for hydroxylation is 3. The molecule has 0 aliphatic heterocycles. The van der Waals surface area contributed by atoms with Gasteiger partial charge in [0.2, 0.25) is 0 Å². The lowest BCUT2D eigenvalue weighted by atomic mass is 10.1. The molecule has 0 aromatic carbocycles. The van der Waals surface area contributed by atoms with Crippen molar-refractivity contribution < 1.29 is 0 Å². The first-order chi connectivity index (χ1) is 7.74. The van der Waals surface area contributed by atoms with Gasteiger partial charge in [0.25, 0.3) is 0 Å². The number of fused-ring (bicyclic) bond motifs is 1. The molecule has 16 heavy (non-hydrogen) atoms. The van der Waals surface area contributed by atoms with Gasteiger partial charge in [0.05, 0.1) is 5.69 Å². The Kier molecular flexibility index (Phi) is 2.17. The molecule has 1 aliphatic carbocycles. The normalized spacial score (nSPS) is 14.1. The zero-order valence-electron chi connectivity index (χ0n) is 9.16. The van der Waals surface area contributed by atoms with E-state index in [1.54, 1.807) is 0 Å². The molecule has 2 heterocycles. The van der Waals surface area contributed by atoms with Crippen LogP contribution in [0.5, 0.6) is 0 Å². The highest BCUT2D eigenvalue weighted by molar-refractivity contribution is 7.13. The number of anilines is 1. The van der Waals surface area contributed by atoms with Gasteiger partial charge in [0.1, 0.15) is 0 Å². The quantitative estimate of drug-likeness (QED) is 0.820. The van der Waals surface area contributed by atoms with Gasteiger partial charge in [-0.3, -0.25) is 4.98 Å². The lowest BCUT2D eigenvalue weighted by molar-refractivity contribution is 0.897. The molecule has 0 atom stereocenters. The second kappa shape index (κ2) is 3.56. The van der Waals surface area contributed by atoms with E-state index in [1.807, 2.05) is 12.3 Å². The third kappa shape index (κ3) is 1.50. The molecule has 3 rings (SSSR count). The van der Waals surface area contributed by atoms with Crippen LogP contribution in [0.4, 0.5) is 5.13 Å². The first kappa shape index (κ1) is 9.78. The minimum absolute atomic E-state index is 0.620. The van der Waals surface area contributed by atoms with Crippen molar-refractivity contribution in [1.82, 2.24) is 9.97 Å². The first-order valence-electron chi connectivity index (χ1n) is 5.45. The van der Waals surface area contributed by atoms with E-state index in [9.17, 15) is 0 Å². The van der Waals surface area contributed by atoms with Crippen LogP contribution in [-0.2, 0) is 12.8 Å². The Morgan fingerprint density at radius 1 is 1.31 bits per heavy atom. The standard InChI is InChI=1S/C12H13N3S/c1-7-9(11-6-16-12(13)15-11)5-8-3-2-4-10(8)14-7/h5-6H,2-4H2,1H3,(H2,13,15). The van der Waals surface area contributed by atoms with Gasteiger partial charge >= 0.3 is 0 Å². The van der Waals surface area contributed by atoms with Gasteiger partial charge < -0.3 is 5.73 Å². The third-order valence-electron chi connectivity index (χ3n) is 3.04. The molecule has 2 N–H and O–H groups in total. The fraction of sp³-hybridized carbons (Fsp3) is 0.333. The van der Waals surface area contributed by atoms with Gasteiger partial charge in [-0.25, -0.2) is 4.98 Å². The predicted molar refractivity (Wildman–Crippen MR) is 66.5 cm³/mol. The van der Waals surface area contributed by atoms with Gasteiger partial charge in [0, 0.05) is 22.3 Å². The summed E-state index contributed by atoms with van der Waals surface area (Å²) in [7, 11) is 0. The molecule has 2 aromatic heterocycles. The van der Waals surface area contributed by atoms with Gasteiger partial charge in [-0.2, -0.15) is 0 Å². The van der Waals surface area contributed by atoms with Gasteiger partial charge in [0.15, 0.2) is 5.13 Å². The summed E-state index contributed by atoms with van der Waals surface area (Å²) in [4.78, 5) is 8.99. The fourth-order valence-electron chi connectivity index (χ4n) is 2.25. The van der Waals surface area contributed by atoms with Crippen molar-refractivity contribution >= 4 is 16.5 Å². The van der Waals surface area contributed by atoms with Crippen LogP contribution in [0.25, 0.3) is 11.3 Å². The summed E-state index contributed by atoms with van der Waals surface area (Å²) in [5.41, 5.74) is 11.5. The van der Waals surface area contributed by atoms with Crippen molar-refractivity contribution in [3.8, 4) is 11.3 Å². The lowest BCUT2D eigenvalue weighted by Crippen LogP contribution is -1.95. The van der Waals surface area contributed by atoms with Crippen molar-refractivity contribution in [2.75, 3.05) is 5.73 Å². The van der Waals surface area contributed by atoms with Crippen LogP contribution in [0.1, 0.15) is 23.4 Å². The molecule has 0 unspecified atom stereocenters. The van der Waals surface area contributed by atoms with Crippen molar-refractivity contribution in [3.05, 3.63) is 28.4 Å². The van der Waals surface area contributed by atoms with Crippen molar-refractivity contribution in [1.29, 1.82) is 0 Å².